The summed E-state index contributed by atoms with van der Waals surface area (Å²) < 4.78 is 0. The summed E-state index contributed by atoms with van der Waals surface area (Å²) in [4.78, 5) is 30.3. The highest BCUT2D eigenvalue weighted by Crippen LogP contribution is 2.18. The highest BCUT2D eigenvalue weighted by molar-refractivity contribution is 5.95. The van der Waals surface area contributed by atoms with Crippen LogP contribution >= 0.6 is 0 Å². The fraction of sp³-hybridized carbons (Fsp3) is 0.154. The van der Waals surface area contributed by atoms with Gasteiger partial charge in [-0.3, -0.25) is 24.9 Å². The SMILES string of the molecule is Cc1cnc(CNC(=O)c2cc(N)cc([N+](=O)[O-])c2)cn1. The molecule has 0 aliphatic carbocycles. The minimum Gasteiger partial charge on any atom is -0.399 e. The lowest BCUT2D eigenvalue weighted by Crippen LogP contribution is -2.23. The molecule has 2 rings (SSSR count). The van der Waals surface area contributed by atoms with Crippen LogP contribution < -0.4 is 11.1 Å². The van der Waals surface area contributed by atoms with Gasteiger partial charge in [0.15, 0.2) is 0 Å². The number of nitrogen functional groups attached to an aromatic ring is 1. The third-order valence-corrected chi connectivity index (χ3v) is 2.68. The number of benzene rings is 1. The van der Waals surface area contributed by atoms with Crippen LogP contribution in [0.15, 0.2) is 30.6 Å². The van der Waals surface area contributed by atoms with Crippen molar-refractivity contribution >= 4 is 17.3 Å². The molecule has 0 atom stereocenters. The number of hydrogen-bond acceptors (Lipinski definition) is 6. The van der Waals surface area contributed by atoms with Gasteiger partial charge in [0.1, 0.15) is 0 Å². The van der Waals surface area contributed by atoms with Gasteiger partial charge in [-0.15, -0.1) is 0 Å². The van der Waals surface area contributed by atoms with E-state index in [2.05, 4.69) is 15.3 Å². The third kappa shape index (κ3) is 3.72. The average molecular weight is 287 g/mol. The van der Waals surface area contributed by atoms with Crippen molar-refractivity contribution in [1.29, 1.82) is 0 Å². The van der Waals surface area contributed by atoms with Gasteiger partial charge in [-0.2, -0.15) is 0 Å². The molecule has 0 fully saturated rings. The molecule has 0 saturated heterocycles. The number of nitro groups is 1. The van der Waals surface area contributed by atoms with Crippen LogP contribution in [-0.2, 0) is 6.54 Å². The Balaban J connectivity index is 2.09. The smallest absolute Gasteiger partial charge is 0.272 e. The van der Waals surface area contributed by atoms with E-state index >= 15 is 0 Å². The van der Waals surface area contributed by atoms with Gasteiger partial charge in [-0.25, -0.2) is 0 Å². The lowest BCUT2D eigenvalue weighted by atomic mass is 10.1. The van der Waals surface area contributed by atoms with Crippen molar-refractivity contribution in [2.75, 3.05) is 5.73 Å². The van der Waals surface area contributed by atoms with Crippen LogP contribution in [0.1, 0.15) is 21.7 Å². The van der Waals surface area contributed by atoms with Gasteiger partial charge in [0, 0.05) is 29.6 Å². The monoisotopic (exact) mass is 287 g/mol. The Morgan fingerprint density at radius 3 is 2.71 bits per heavy atom. The quantitative estimate of drug-likeness (QED) is 0.494. The first-order valence-electron chi connectivity index (χ1n) is 6.06. The predicted molar refractivity (Wildman–Crippen MR) is 75.4 cm³/mol. The predicted octanol–water partition coefficient (Wildman–Crippen LogP) is 1.21. The first kappa shape index (κ1) is 14.4. The molecule has 21 heavy (non-hydrogen) atoms. The van der Waals surface area contributed by atoms with Crippen LogP contribution in [-0.4, -0.2) is 20.8 Å². The Bertz CT molecular complexity index is 685. The lowest BCUT2D eigenvalue weighted by Gasteiger charge is -2.05. The Hall–Kier alpha value is -3.03. The number of amides is 1. The Morgan fingerprint density at radius 1 is 1.33 bits per heavy atom. The number of nitrogens with one attached hydrogen (secondary N) is 1. The summed E-state index contributed by atoms with van der Waals surface area (Å²) >= 11 is 0. The second-order valence-electron chi connectivity index (χ2n) is 4.40. The molecule has 1 heterocycles. The largest absolute Gasteiger partial charge is 0.399 e. The van der Waals surface area contributed by atoms with Crippen LogP contribution in [0.4, 0.5) is 11.4 Å². The molecule has 0 saturated carbocycles. The number of carbonyl (C=O) groups excluding carboxylic acids is 1. The number of carbonyl (C=O) groups is 1. The van der Waals surface area contributed by atoms with Gasteiger partial charge in [0.25, 0.3) is 11.6 Å². The summed E-state index contributed by atoms with van der Waals surface area (Å²) in [5.74, 6) is -0.465. The maximum Gasteiger partial charge on any atom is 0.272 e. The summed E-state index contributed by atoms with van der Waals surface area (Å²) in [6, 6.07) is 3.75. The topological polar surface area (TPSA) is 124 Å². The number of rotatable bonds is 4. The van der Waals surface area contributed by atoms with Gasteiger partial charge in [-0.1, -0.05) is 0 Å². The maximum atomic E-state index is 12.0. The van der Waals surface area contributed by atoms with Gasteiger partial charge in [0.2, 0.25) is 0 Å². The normalized spacial score (nSPS) is 10.1. The fourth-order valence-electron chi connectivity index (χ4n) is 1.65. The number of non-ortho nitro benzene ring substituents is 1. The molecule has 108 valence electrons. The molecule has 0 spiro atoms. The van der Waals surface area contributed by atoms with E-state index in [9.17, 15) is 14.9 Å². The summed E-state index contributed by atoms with van der Waals surface area (Å²) in [7, 11) is 0. The van der Waals surface area contributed by atoms with Crippen molar-refractivity contribution in [3.8, 4) is 0 Å². The molecule has 0 aliphatic heterocycles. The van der Waals surface area contributed by atoms with Crippen molar-refractivity contribution in [2.45, 2.75) is 13.5 Å². The zero-order valence-corrected chi connectivity index (χ0v) is 11.2. The molecular formula is C13H13N5O3. The van der Waals surface area contributed by atoms with Crippen molar-refractivity contribution in [2.24, 2.45) is 0 Å². The average Bonchev–Trinajstić information content (AvgIpc) is 2.45. The minimum atomic E-state index is -0.599. The molecule has 1 aromatic carbocycles. The van der Waals surface area contributed by atoms with Gasteiger partial charge >= 0.3 is 0 Å². The Morgan fingerprint density at radius 2 is 2.10 bits per heavy atom. The summed E-state index contributed by atoms with van der Waals surface area (Å²) in [6.45, 7) is 1.98. The Labute approximate surface area is 120 Å². The molecule has 1 aromatic heterocycles. The molecule has 0 aliphatic rings. The number of anilines is 1. The molecule has 3 N–H and O–H groups in total. The highest BCUT2D eigenvalue weighted by atomic mass is 16.6. The maximum absolute atomic E-state index is 12.0. The minimum absolute atomic E-state index is 0.127. The van der Waals surface area contributed by atoms with E-state index in [0.717, 1.165) is 5.69 Å². The second kappa shape index (κ2) is 5.95. The standard InChI is InChI=1S/C13H13N5O3/c1-8-5-16-11(6-15-8)7-17-13(19)9-2-10(14)4-12(3-9)18(20)21/h2-6H,7,14H2,1H3,(H,17,19). The molecule has 8 nitrogen and oxygen atoms in total. The molecule has 2 aromatic rings. The van der Waals surface area contributed by atoms with Crippen LogP contribution in [0.3, 0.4) is 0 Å². The van der Waals surface area contributed by atoms with E-state index < -0.39 is 10.8 Å². The summed E-state index contributed by atoms with van der Waals surface area (Å²) in [5, 5.41) is 13.3. The van der Waals surface area contributed by atoms with E-state index in [1.807, 2.05) is 0 Å². The second-order valence-corrected chi connectivity index (χ2v) is 4.40. The zero-order chi connectivity index (χ0) is 15.4. The summed E-state index contributed by atoms with van der Waals surface area (Å²) in [6.07, 6.45) is 3.14. The van der Waals surface area contributed by atoms with Crippen molar-refractivity contribution in [1.82, 2.24) is 15.3 Å². The van der Waals surface area contributed by atoms with Crippen LogP contribution in [0, 0.1) is 17.0 Å². The number of nitrogens with zero attached hydrogens (tertiary/aromatic N) is 3. The van der Waals surface area contributed by atoms with Crippen LogP contribution in [0.25, 0.3) is 0 Å². The highest BCUT2D eigenvalue weighted by Gasteiger charge is 2.13. The lowest BCUT2D eigenvalue weighted by molar-refractivity contribution is -0.384. The number of nitro benzene ring substituents is 1. The molecule has 1 amide bonds. The molecular weight excluding hydrogens is 274 g/mol. The van der Waals surface area contributed by atoms with E-state index in [-0.39, 0.29) is 23.5 Å². The number of nitrogens with two attached hydrogens (primary N) is 1. The number of aryl methyl sites for hydroxylation is 1. The summed E-state index contributed by atoms with van der Waals surface area (Å²) in [5.41, 5.74) is 6.97. The zero-order valence-electron chi connectivity index (χ0n) is 11.2. The van der Waals surface area contributed by atoms with E-state index in [4.69, 9.17) is 5.73 Å². The van der Waals surface area contributed by atoms with E-state index in [1.54, 1.807) is 19.3 Å². The number of aromatic nitrogens is 2. The van der Waals surface area contributed by atoms with Gasteiger partial charge in [-0.05, 0) is 13.0 Å². The molecule has 0 bridgehead atoms. The van der Waals surface area contributed by atoms with Gasteiger partial charge in [0.05, 0.1) is 29.1 Å². The van der Waals surface area contributed by atoms with E-state index in [0.29, 0.717) is 5.69 Å². The van der Waals surface area contributed by atoms with Crippen molar-refractivity contribution < 1.29 is 9.72 Å². The first-order valence-corrected chi connectivity index (χ1v) is 6.06. The first-order chi connectivity index (χ1) is 9.95. The molecule has 0 radical (unpaired) electrons. The van der Waals surface area contributed by atoms with Crippen molar-refractivity contribution in [3.05, 3.63) is 57.7 Å². The van der Waals surface area contributed by atoms with E-state index in [1.165, 1.54) is 18.2 Å². The van der Waals surface area contributed by atoms with Gasteiger partial charge < -0.3 is 11.1 Å². The third-order valence-electron chi connectivity index (χ3n) is 2.68. The van der Waals surface area contributed by atoms with Crippen LogP contribution in [0.2, 0.25) is 0 Å². The van der Waals surface area contributed by atoms with Crippen molar-refractivity contribution in [3.63, 3.8) is 0 Å². The molecule has 0 unspecified atom stereocenters. The van der Waals surface area contributed by atoms with Crippen LogP contribution in [0.5, 0.6) is 0 Å². The Kier molecular flexibility index (Phi) is 4.07. The molecule has 8 heteroatoms. The number of hydrogen-bond donors (Lipinski definition) is 2. The fourth-order valence-corrected chi connectivity index (χ4v) is 1.65.